The summed E-state index contributed by atoms with van der Waals surface area (Å²) in [6.07, 6.45) is 10.0. The minimum absolute atomic E-state index is 0.0883. The molecule has 270 valence electrons. The van der Waals surface area contributed by atoms with E-state index in [4.69, 9.17) is 31.1 Å². The van der Waals surface area contributed by atoms with E-state index in [1.807, 2.05) is 45.0 Å². The third-order valence-corrected chi connectivity index (χ3v) is 9.93. The van der Waals surface area contributed by atoms with Crippen molar-refractivity contribution in [3.8, 4) is 11.5 Å². The Morgan fingerprint density at radius 1 is 1.06 bits per heavy atom. The number of aromatic nitrogens is 1. The largest absolute Gasteiger partial charge is 0.491 e. The number of urea groups is 1. The van der Waals surface area contributed by atoms with E-state index in [-0.39, 0.29) is 47.6 Å². The van der Waals surface area contributed by atoms with Crippen LogP contribution in [0.25, 0.3) is 0 Å². The Bertz CT molecular complexity index is 1870. The lowest BCUT2D eigenvalue weighted by Gasteiger charge is -2.38. The number of pyridine rings is 1. The fraction of sp³-hybridized carbons (Fsp3) is 0.436. The number of benzene rings is 2. The highest BCUT2D eigenvalue weighted by atomic mass is 16.5. The third kappa shape index (κ3) is 8.45. The second-order valence-electron chi connectivity index (χ2n) is 14.7. The zero-order valence-electron chi connectivity index (χ0n) is 29.7. The molecule has 3 aliphatic rings. The predicted octanol–water partition coefficient (Wildman–Crippen LogP) is 6.01. The average molecular weight is 695 g/mol. The number of hydrogen-bond acceptors (Lipinski definition) is 8. The number of ether oxygens (including phenoxy) is 2. The molecule has 0 radical (unpaired) electrons. The summed E-state index contributed by atoms with van der Waals surface area (Å²) < 4.78 is 13.7. The fourth-order valence-electron chi connectivity index (χ4n) is 6.85. The molecule has 7 N–H and O–H groups in total. The SMILES string of the molecule is CC(C)(C)/C(N)=C/C(=Nc1cccc(OCCO)c1)NC(=O)N[C@H]1CC[C@@H](Oc2ccc(=N)n(C(=N)N3CCCCC34CC4)c2)c2ccccc21. The summed E-state index contributed by atoms with van der Waals surface area (Å²) in [5.74, 6) is 1.76. The van der Waals surface area contributed by atoms with E-state index in [1.54, 1.807) is 53.2 Å². The Labute approximate surface area is 299 Å². The Morgan fingerprint density at radius 3 is 2.59 bits per heavy atom. The molecule has 2 amide bonds. The summed E-state index contributed by atoms with van der Waals surface area (Å²) in [6, 6.07) is 17.8. The van der Waals surface area contributed by atoms with Crippen LogP contribution in [0.4, 0.5) is 10.5 Å². The number of hydrogen-bond donors (Lipinski definition) is 6. The molecule has 2 heterocycles. The summed E-state index contributed by atoms with van der Waals surface area (Å²) in [5.41, 5.74) is 9.43. The zero-order chi connectivity index (χ0) is 36.2. The molecular formula is C39H50N8O4. The number of carbonyl (C=O) groups is 1. The van der Waals surface area contributed by atoms with Gasteiger partial charge in [0, 0.05) is 35.3 Å². The van der Waals surface area contributed by atoms with Gasteiger partial charge in [-0.2, -0.15) is 0 Å². The minimum atomic E-state index is -0.421. The average Bonchev–Trinajstić information content (AvgIpc) is 3.87. The minimum Gasteiger partial charge on any atom is -0.491 e. The number of allylic oxidation sites excluding steroid dienone is 1. The van der Waals surface area contributed by atoms with Gasteiger partial charge < -0.3 is 30.5 Å². The first kappa shape index (κ1) is 35.7. The highest BCUT2D eigenvalue weighted by molar-refractivity contribution is 6.05. The number of aliphatic hydroxyl groups excluding tert-OH is 1. The maximum atomic E-state index is 13.5. The lowest BCUT2D eigenvalue weighted by Crippen LogP contribution is -2.50. The summed E-state index contributed by atoms with van der Waals surface area (Å²) in [6.45, 7) is 6.86. The standard InChI is InChI=1S/C39H50N8O4/c1-38(2,3)33(40)24-35(43-26-9-8-10-27(23-26)50-22-21-48)45-37(49)44-31-14-15-32(30-12-5-4-11-29(30)31)51-28-13-16-34(41)46(25-28)36(42)47-20-7-6-17-39(47)18-19-39/h4-5,8-13,16,23-25,31-32,41-42,48H,6-7,14-15,17-22,40H2,1-3H3,(H2,43,44,45,49)/b33-24-,41-34?,42-36?/t31-,32+/m0/s1. The van der Waals surface area contributed by atoms with Crippen LogP contribution in [0.15, 0.2) is 83.6 Å². The Kier molecular flexibility index (Phi) is 10.5. The van der Waals surface area contributed by atoms with Crippen molar-refractivity contribution >= 4 is 23.5 Å². The van der Waals surface area contributed by atoms with Crippen molar-refractivity contribution in [3.63, 3.8) is 0 Å². The number of aliphatic imine (C=N–C) groups is 1. The van der Waals surface area contributed by atoms with Crippen LogP contribution in [0, 0.1) is 16.2 Å². The number of nitrogens with one attached hydrogen (secondary N) is 4. The molecule has 6 rings (SSSR count). The van der Waals surface area contributed by atoms with Gasteiger partial charge in [-0.3, -0.25) is 20.7 Å². The van der Waals surface area contributed by atoms with Gasteiger partial charge in [-0.25, -0.2) is 9.79 Å². The molecule has 1 aliphatic heterocycles. The van der Waals surface area contributed by atoms with Crippen LogP contribution in [-0.2, 0) is 0 Å². The second kappa shape index (κ2) is 15.0. The molecule has 2 atom stereocenters. The van der Waals surface area contributed by atoms with E-state index in [2.05, 4.69) is 20.5 Å². The smallest absolute Gasteiger partial charge is 0.320 e. The molecule has 3 aromatic rings. The van der Waals surface area contributed by atoms with Crippen molar-refractivity contribution in [2.75, 3.05) is 19.8 Å². The molecule has 1 spiro atoms. The van der Waals surface area contributed by atoms with E-state index < -0.39 is 6.03 Å². The predicted molar refractivity (Wildman–Crippen MR) is 197 cm³/mol. The highest BCUT2D eigenvalue weighted by Gasteiger charge is 2.50. The Morgan fingerprint density at radius 2 is 1.84 bits per heavy atom. The number of aliphatic hydroxyl groups is 1. The lowest BCUT2D eigenvalue weighted by molar-refractivity contribution is 0.170. The number of likely N-dealkylation sites (tertiary alicyclic amines) is 1. The third-order valence-electron chi connectivity index (χ3n) is 9.93. The molecule has 2 aromatic carbocycles. The lowest BCUT2D eigenvalue weighted by atomic mass is 9.85. The van der Waals surface area contributed by atoms with Crippen molar-refractivity contribution in [3.05, 3.63) is 95.2 Å². The van der Waals surface area contributed by atoms with Crippen LogP contribution in [0.1, 0.15) is 89.0 Å². The van der Waals surface area contributed by atoms with Crippen LogP contribution in [0.5, 0.6) is 11.5 Å². The molecule has 2 fully saturated rings. The van der Waals surface area contributed by atoms with E-state index >= 15 is 0 Å². The maximum absolute atomic E-state index is 13.5. The van der Waals surface area contributed by atoms with Crippen molar-refractivity contribution in [2.24, 2.45) is 16.1 Å². The molecule has 51 heavy (non-hydrogen) atoms. The number of amidine groups is 1. The van der Waals surface area contributed by atoms with Gasteiger partial charge in [-0.15, -0.1) is 0 Å². The molecule has 12 nitrogen and oxygen atoms in total. The van der Waals surface area contributed by atoms with Gasteiger partial charge in [0.15, 0.2) is 0 Å². The van der Waals surface area contributed by atoms with Crippen molar-refractivity contribution in [1.82, 2.24) is 20.1 Å². The van der Waals surface area contributed by atoms with Crippen LogP contribution < -0.4 is 31.3 Å². The van der Waals surface area contributed by atoms with Gasteiger partial charge >= 0.3 is 6.03 Å². The Balaban J connectivity index is 1.17. The van der Waals surface area contributed by atoms with Gasteiger partial charge in [0.25, 0.3) is 0 Å². The number of nitrogens with two attached hydrogens (primary N) is 1. The van der Waals surface area contributed by atoms with Gasteiger partial charge in [-0.1, -0.05) is 51.1 Å². The van der Waals surface area contributed by atoms with Crippen LogP contribution >= 0.6 is 0 Å². The first-order valence-electron chi connectivity index (χ1n) is 17.8. The fourth-order valence-corrected chi connectivity index (χ4v) is 6.85. The van der Waals surface area contributed by atoms with Gasteiger partial charge in [-0.05, 0) is 80.3 Å². The number of piperidine rings is 1. The number of fused-ring (bicyclic) bond motifs is 1. The molecule has 1 aromatic heterocycles. The maximum Gasteiger partial charge on any atom is 0.320 e. The van der Waals surface area contributed by atoms with Gasteiger partial charge in [0.2, 0.25) is 5.96 Å². The van der Waals surface area contributed by atoms with Gasteiger partial charge in [0.05, 0.1) is 24.5 Å². The van der Waals surface area contributed by atoms with Crippen LogP contribution in [-0.4, -0.2) is 57.7 Å². The summed E-state index contributed by atoms with van der Waals surface area (Å²) in [7, 11) is 0. The molecule has 12 heteroatoms. The number of rotatable bonds is 8. The topological polar surface area (TPSA) is 174 Å². The monoisotopic (exact) mass is 694 g/mol. The Hall–Kier alpha value is -5.10. The molecule has 2 aliphatic carbocycles. The summed E-state index contributed by atoms with van der Waals surface area (Å²) >= 11 is 0. The molecule has 0 bridgehead atoms. The quantitative estimate of drug-likeness (QED) is 0.124. The van der Waals surface area contributed by atoms with E-state index in [9.17, 15) is 4.79 Å². The van der Waals surface area contributed by atoms with Crippen molar-refractivity contribution in [2.45, 2.75) is 83.4 Å². The number of carbonyl (C=O) groups excluding carboxylic acids is 1. The van der Waals surface area contributed by atoms with E-state index in [0.717, 1.165) is 43.4 Å². The zero-order valence-corrected chi connectivity index (χ0v) is 29.7. The first-order valence-corrected chi connectivity index (χ1v) is 17.8. The van der Waals surface area contributed by atoms with Crippen LogP contribution in [0.3, 0.4) is 0 Å². The normalized spacial score (nSPS) is 20.0. The van der Waals surface area contributed by atoms with E-state index in [0.29, 0.717) is 41.7 Å². The van der Waals surface area contributed by atoms with Crippen molar-refractivity contribution < 1.29 is 19.4 Å². The number of amides is 2. The molecule has 1 saturated heterocycles. The summed E-state index contributed by atoms with van der Waals surface area (Å²) in [5, 5.41) is 32.8. The van der Waals surface area contributed by atoms with Gasteiger partial charge in [0.1, 0.15) is 35.5 Å². The number of nitrogens with zero attached hydrogens (tertiary/aromatic N) is 3. The van der Waals surface area contributed by atoms with E-state index in [1.165, 1.54) is 6.42 Å². The molecule has 1 saturated carbocycles. The first-order chi connectivity index (χ1) is 24.5. The second-order valence-corrected chi connectivity index (χ2v) is 14.7. The molecule has 0 unspecified atom stereocenters. The summed E-state index contributed by atoms with van der Waals surface area (Å²) in [4.78, 5) is 20.4. The van der Waals surface area contributed by atoms with Crippen molar-refractivity contribution in [1.29, 1.82) is 10.8 Å². The highest BCUT2D eigenvalue weighted by Crippen LogP contribution is 2.48. The molecular weight excluding hydrogens is 644 g/mol. The van der Waals surface area contributed by atoms with Crippen LogP contribution in [0.2, 0.25) is 0 Å².